The van der Waals surface area contributed by atoms with Crippen LogP contribution in [0.1, 0.15) is 45.6 Å². The Kier molecular flexibility index (Phi) is 13.9. The lowest BCUT2D eigenvalue weighted by Gasteiger charge is -2.15. The van der Waals surface area contributed by atoms with Crippen LogP contribution in [0, 0.1) is 0 Å². The molecule has 29 heavy (non-hydrogen) atoms. The normalized spacial score (nSPS) is 14.4. The Labute approximate surface area is 193 Å². The molecular weight excluding hydrogens is 479 g/mol. The molecule has 0 spiro atoms. The number of likely N-dealkylation sites (tertiary alicyclic amines) is 1. The standard InChI is InChI=1S/C22H38N4O2.HI/c1-4-23-22(24-13-9-17-26-15-7-8-16-26)25-14-12-19-10-11-20(27-5-2)21(18-19)28-6-3;/h10-11,18H,4-9,12-17H2,1-3H3,(H2,23,24,25);1H. The lowest BCUT2D eigenvalue weighted by molar-refractivity contribution is 0.287. The SMILES string of the molecule is CCNC(=NCCCN1CCCC1)NCCc1ccc(OCC)c(OCC)c1.I. The van der Waals surface area contributed by atoms with Crippen LogP contribution in [0.2, 0.25) is 0 Å². The summed E-state index contributed by atoms with van der Waals surface area (Å²) in [4.78, 5) is 7.25. The summed E-state index contributed by atoms with van der Waals surface area (Å²) >= 11 is 0. The van der Waals surface area contributed by atoms with Gasteiger partial charge in [0.2, 0.25) is 0 Å². The van der Waals surface area contributed by atoms with Crippen LogP contribution < -0.4 is 20.1 Å². The minimum Gasteiger partial charge on any atom is -0.490 e. The molecule has 1 aromatic rings. The van der Waals surface area contributed by atoms with Crippen LogP contribution in [0.3, 0.4) is 0 Å². The van der Waals surface area contributed by atoms with Crippen molar-refractivity contribution in [1.82, 2.24) is 15.5 Å². The zero-order valence-electron chi connectivity index (χ0n) is 18.3. The van der Waals surface area contributed by atoms with Crippen LogP contribution in [0.4, 0.5) is 0 Å². The largest absolute Gasteiger partial charge is 0.490 e. The fourth-order valence-corrected chi connectivity index (χ4v) is 3.41. The van der Waals surface area contributed by atoms with Crippen LogP contribution in [0.15, 0.2) is 23.2 Å². The van der Waals surface area contributed by atoms with Gasteiger partial charge in [0.05, 0.1) is 13.2 Å². The molecule has 0 aliphatic carbocycles. The van der Waals surface area contributed by atoms with Crippen LogP contribution in [-0.2, 0) is 6.42 Å². The molecule has 6 nitrogen and oxygen atoms in total. The molecule has 0 bridgehead atoms. The number of aliphatic imine (C=N–C) groups is 1. The van der Waals surface area contributed by atoms with Crippen molar-refractivity contribution in [3.63, 3.8) is 0 Å². The zero-order valence-corrected chi connectivity index (χ0v) is 20.7. The van der Waals surface area contributed by atoms with E-state index in [1.165, 1.54) is 31.5 Å². The second-order valence-electron chi connectivity index (χ2n) is 6.99. The fraction of sp³-hybridized carbons (Fsp3) is 0.682. The van der Waals surface area contributed by atoms with Gasteiger partial charge >= 0.3 is 0 Å². The predicted octanol–water partition coefficient (Wildman–Crippen LogP) is 3.69. The van der Waals surface area contributed by atoms with Crippen molar-refractivity contribution in [1.29, 1.82) is 0 Å². The third-order valence-corrected chi connectivity index (χ3v) is 4.76. The van der Waals surface area contributed by atoms with Crippen molar-refractivity contribution < 1.29 is 9.47 Å². The smallest absolute Gasteiger partial charge is 0.191 e. The van der Waals surface area contributed by atoms with Crippen LogP contribution in [0.25, 0.3) is 0 Å². The van der Waals surface area contributed by atoms with E-state index in [9.17, 15) is 0 Å². The average Bonchev–Trinajstić information content (AvgIpc) is 3.21. The number of halogens is 1. The van der Waals surface area contributed by atoms with Crippen molar-refractivity contribution in [3.8, 4) is 11.5 Å². The van der Waals surface area contributed by atoms with E-state index in [0.29, 0.717) is 13.2 Å². The molecular formula is C22H39IN4O2. The van der Waals surface area contributed by atoms with E-state index in [-0.39, 0.29) is 24.0 Å². The number of hydrogen-bond donors (Lipinski definition) is 2. The van der Waals surface area contributed by atoms with Crippen LogP contribution in [-0.4, -0.2) is 63.3 Å². The fourth-order valence-electron chi connectivity index (χ4n) is 3.41. The third-order valence-electron chi connectivity index (χ3n) is 4.76. The van der Waals surface area contributed by atoms with Gasteiger partial charge in [-0.15, -0.1) is 24.0 Å². The Morgan fingerprint density at radius 1 is 1.03 bits per heavy atom. The number of ether oxygens (including phenoxy) is 2. The molecule has 166 valence electrons. The minimum absolute atomic E-state index is 0. The Hall–Kier alpha value is -1.22. The Balaban J connectivity index is 0.00000420. The van der Waals surface area contributed by atoms with E-state index in [1.54, 1.807) is 0 Å². The maximum atomic E-state index is 5.72. The number of nitrogens with zero attached hydrogens (tertiary/aromatic N) is 2. The van der Waals surface area contributed by atoms with Crippen molar-refractivity contribution in [3.05, 3.63) is 23.8 Å². The predicted molar refractivity (Wildman–Crippen MR) is 132 cm³/mol. The lowest BCUT2D eigenvalue weighted by atomic mass is 10.1. The summed E-state index contributed by atoms with van der Waals surface area (Å²) in [7, 11) is 0. The van der Waals surface area contributed by atoms with Gasteiger partial charge in [-0.2, -0.15) is 0 Å². The average molecular weight is 518 g/mol. The molecule has 1 heterocycles. The minimum atomic E-state index is 0. The summed E-state index contributed by atoms with van der Waals surface area (Å²) in [6, 6.07) is 6.19. The molecule has 1 aliphatic heterocycles. The Morgan fingerprint density at radius 3 is 2.45 bits per heavy atom. The van der Waals surface area contributed by atoms with Crippen LogP contribution >= 0.6 is 24.0 Å². The highest BCUT2D eigenvalue weighted by Crippen LogP contribution is 2.28. The number of guanidine groups is 1. The first-order valence-corrected chi connectivity index (χ1v) is 10.9. The molecule has 0 atom stereocenters. The highest BCUT2D eigenvalue weighted by molar-refractivity contribution is 14.0. The molecule has 7 heteroatoms. The number of benzene rings is 1. The van der Waals surface area contributed by atoms with E-state index >= 15 is 0 Å². The molecule has 2 N–H and O–H groups in total. The molecule has 1 saturated heterocycles. The maximum absolute atomic E-state index is 5.72. The highest BCUT2D eigenvalue weighted by Gasteiger charge is 2.10. The molecule has 0 saturated carbocycles. The van der Waals surface area contributed by atoms with E-state index in [4.69, 9.17) is 14.5 Å². The van der Waals surface area contributed by atoms with Gasteiger partial charge in [0, 0.05) is 19.6 Å². The van der Waals surface area contributed by atoms with E-state index in [2.05, 4.69) is 34.6 Å². The number of nitrogens with one attached hydrogen (secondary N) is 2. The van der Waals surface area contributed by atoms with Crippen molar-refractivity contribution in [2.75, 3.05) is 52.5 Å². The van der Waals surface area contributed by atoms with Crippen molar-refractivity contribution in [2.24, 2.45) is 4.99 Å². The quantitative estimate of drug-likeness (QED) is 0.191. The first-order valence-electron chi connectivity index (χ1n) is 10.9. The van der Waals surface area contributed by atoms with Gasteiger partial charge in [0.25, 0.3) is 0 Å². The maximum Gasteiger partial charge on any atom is 0.191 e. The lowest BCUT2D eigenvalue weighted by Crippen LogP contribution is -2.38. The van der Waals surface area contributed by atoms with Gasteiger partial charge in [0.15, 0.2) is 17.5 Å². The van der Waals surface area contributed by atoms with Crippen molar-refractivity contribution in [2.45, 2.75) is 46.5 Å². The topological polar surface area (TPSA) is 58.1 Å². The second-order valence-corrected chi connectivity index (χ2v) is 6.99. The second kappa shape index (κ2) is 15.6. The summed E-state index contributed by atoms with van der Waals surface area (Å²) in [5.41, 5.74) is 1.23. The van der Waals surface area contributed by atoms with Gasteiger partial charge < -0.3 is 25.0 Å². The summed E-state index contributed by atoms with van der Waals surface area (Å²) in [6.45, 7) is 13.6. The Bertz CT molecular complexity index is 592. The zero-order chi connectivity index (χ0) is 20.0. The Morgan fingerprint density at radius 2 is 1.76 bits per heavy atom. The van der Waals surface area contributed by atoms with Gasteiger partial charge in [-0.3, -0.25) is 4.99 Å². The molecule has 0 aromatic heterocycles. The van der Waals surface area contributed by atoms with E-state index in [0.717, 1.165) is 56.5 Å². The van der Waals surface area contributed by atoms with Gasteiger partial charge in [-0.05, 0) is 83.8 Å². The van der Waals surface area contributed by atoms with Gasteiger partial charge in [0.1, 0.15) is 0 Å². The molecule has 2 rings (SSSR count). The molecule has 0 radical (unpaired) electrons. The summed E-state index contributed by atoms with van der Waals surface area (Å²) in [6.07, 6.45) is 4.73. The summed E-state index contributed by atoms with van der Waals surface area (Å²) < 4.78 is 11.4. The van der Waals surface area contributed by atoms with Crippen molar-refractivity contribution >= 4 is 29.9 Å². The molecule has 1 fully saturated rings. The number of hydrogen-bond acceptors (Lipinski definition) is 4. The summed E-state index contributed by atoms with van der Waals surface area (Å²) in [5, 5.41) is 6.78. The van der Waals surface area contributed by atoms with Gasteiger partial charge in [-0.25, -0.2) is 0 Å². The first kappa shape index (κ1) is 25.8. The van der Waals surface area contributed by atoms with Gasteiger partial charge in [-0.1, -0.05) is 6.07 Å². The first-order chi connectivity index (χ1) is 13.8. The monoisotopic (exact) mass is 518 g/mol. The molecule has 0 amide bonds. The highest BCUT2D eigenvalue weighted by atomic mass is 127. The van der Waals surface area contributed by atoms with E-state index < -0.39 is 0 Å². The third kappa shape index (κ3) is 9.89. The molecule has 1 aromatic carbocycles. The summed E-state index contributed by atoms with van der Waals surface area (Å²) in [5.74, 6) is 2.54. The molecule has 1 aliphatic rings. The number of rotatable bonds is 12. The molecule has 0 unspecified atom stereocenters. The van der Waals surface area contributed by atoms with E-state index in [1.807, 2.05) is 19.9 Å². The van der Waals surface area contributed by atoms with Crippen LogP contribution in [0.5, 0.6) is 11.5 Å².